The molecule has 0 spiro atoms. The fourth-order valence-corrected chi connectivity index (χ4v) is 2.46. The van der Waals surface area contributed by atoms with E-state index in [-0.39, 0.29) is 5.91 Å². The van der Waals surface area contributed by atoms with Gasteiger partial charge in [-0.25, -0.2) is 4.98 Å². The van der Waals surface area contributed by atoms with Crippen molar-refractivity contribution in [1.82, 2.24) is 15.2 Å². The zero-order valence-corrected chi connectivity index (χ0v) is 11.1. The Morgan fingerprint density at radius 1 is 1.56 bits per heavy atom. The maximum absolute atomic E-state index is 12.5. The number of carbonyl (C=O) groups is 1. The fourth-order valence-electron chi connectivity index (χ4n) is 2.46. The summed E-state index contributed by atoms with van der Waals surface area (Å²) >= 11 is 0. The highest BCUT2D eigenvalue weighted by molar-refractivity contribution is 5.93. The number of carbonyl (C=O) groups excluding carboxylic acids is 1. The van der Waals surface area contributed by atoms with Crippen LogP contribution in [-0.4, -0.2) is 41.5 Å². The van der Waals surface area contributed by atoms with Gasteiger partial charge < -0.3 is 14.6 Å². The molecule has 1 fully saturated rings. The average Bonchev–Trinajstić information content (AvgIpc) is 2.82. The number of nitrogens with one attached hydrogen (secondary N) is 1. The minimum Gasteiger partial charge on any atom is -0.448 e. The van der Waals surface area contributed by atoms with Crippen LogP contribution in [0, 0.1) is 6.92 Å². The Bertz CT molecular complexity index is 397. The van der Waals surface area contributed by atoms with Gasteiger partial charge in [-0.05, 0) is 39.3 Å². The lowest BCUT2D eigenvalue weighted by atomic mass is 10.0. The molecule has 1 saturated heterocycles. The van der Waals surface area contributed by atoms with Crippen LogP contribution in [0.2, 0.25) is 0 Å². The van der Waals surface area contributed by atoms with Crippen molar-refractivity contribution < 1.29 is 9.21 Å². The molecule has 5 heteroatoms. The van der Waals surface area contributed by atoms with Crippen molar-refractivity contribution in [3.05, 3.63) is 17.8 Å². The number of hydrogen-bond acceptors (Lipinski definition) is 4. The van der Waals surface area contributed by atoms with Crippen molar-refractivity contribution in [3.63, 3.8) is 0 Å². The number of nitrogens with zero attached hydrogens (tertiary/aromatic N) is 2. The quantitative estimate of drug-likeness (QED) is 0.882. The summed E-state index contributed by atoms with van der Waals surface area (Å²) in [6.07, 6.45) is 4.34. The van der Waals surface area contributed by atoms with Gasteiger partial charge in [0.05, 0.1) is 0 Å². The van der Waals surface area contributed by atoms with Gasteiger partial charge in [-0.1, -0.05) is 6.92 Å². The zero-order chi connectivity index (χ0) is 13.0. The van der Waals surface area contributed by atoms with Gasteiger partial charge in [-0.3, -0.25) is 4.79 Å². The summed E-state index contributed by atoms with van der Waals surface area (Å²) in [6, 6.07) is 0.329. The highest BCUT2D eigenvalue weighted by Gasteiger charge is 2.27. The molecule has 1 aromatic rings. The van der Waals surface area contributed by atoms with E-state index < -0.39 is 0 Å². The largest absolute Gasteiger partial charge is 0.448 e. The third kappa shape index (κ3) is 2.72. The van der Waals surface area contributed by atoms with Crippen LogP contribution in [0.15, 0.2) is 10.8 Å². The van der Waals surface area contributed by atoms with E-state index in [0.29, 0.717) is 17.5 Å². The Morgan fingerprint density at radius 2 is 2.28 bits per heavy atom. The monoisotopic (exact) mass is 251 g/mol. The van der Waals surface area contributed by atoms with Gasteiger partial charge in [0.1, 0.15) is 5.76 Å². The van der Waals surface area contributed by atoms with E-state index in [1.165, 1.54) is 6.39 Å². The lowest BCUT2D eigenvalue weighted by Gasteiger charge is -2.34. The van der Waals surface area contributed by atoms with Gasteiger partial charge in [0.25, 0.3) is 5.91 Å². The molecule has 0 radical (unpaired) electrons. The maximum atomic E-state index is 12.5. The third-order valence-corrected chi connectivity index (χ3v) is 3.42. The van der Waals surface area contributed by atoms with E-state index in [9.17, 15) is 4.79 Å². The normalized spacial score (nSPS) is 16.8. The van der Waals surface area contributed by atoms with E-state index in [1.807, 2.05) is 4.90 Å². The van der Waals surface area contributed by atoms with Crippen molar-refractivity contribution in [2.75, 3.05) is 19.6 Å². The second-order valence-corrected chi connectivity index (χ2v) is 4.74. The van der Waals surface area contributed by atoms with Gasteiger partial charge in [0.15, 0.2) is 12.1 Å². The van der Waals surface area contributed by atoms with Crippen LogP contribution in [0.4, 0.5) is 0 Å². The molecule has 18 heavy (non-hydrogen) atoms. The molecule has 5 nitrogen and oxygen atoms in total. The highest BCUT2D eigenvalue weighted by Crippen LogP contribution is 2.17. The minimum atomic E-state index is 0.00926. The summed E-state index contributed by atoms with van der Waals surface area (Å²) in [5.41, 5.74) is 0.460. The topological polar surface area (TPSA) is 58.4 Å². The summed E-state index contributed by atoms with van der Waals surface area (Å²) in [4.78, 5) is 18.5. The molecule has 2 rings (SSSR count). The first kappa shape index (κ1) is 13.1. The number of hydrogen-bond donors (Lipinski definition) is 1. The Labute approximate surface area is 108 Å². The van der Waals surface area contributed by atoms with E-state index in [1.54, 1.807) is 6.92 Å². The van der Waals surface area contributed by atoms with E-state index in [0.717, 1.165) is 38.9 Å². The van der Waals surface area contributed by atoms with Crippen LogP contribution in [0.25, 0.3) is 0 Å². The standard InChI is InChI=1S/C13H21N3O2/c1-3-8-16(11-4-6-14-7-5-11)13(17)12-10(2)18-9-15-12/h9,11,14H,3-8H2,1-2H3. The molecule has 0 aromatic carbocycles. The number of amides is 1. The molecule has 1 aliphatic heterocycles. The van der Waals surface area contributed by atoms with Gasteiger partial charge in [0, 0.05) is 12.6 Å². The summed E-state index contributed by atoms with van der Waals surface area (Å²) in [6.45, 7) is 6.63. The Balaban J connectivity index is 2.13. The van der Waals surface area contributed by atoms with E-state index in [2.05, 4.69) is 17.2 Å². The first-order chi connectivity index (χ1) is 8.74. The molecule has 0 bridgehead atoms. The van der Waals surface area contributed by atoms with Gasteiger partial charge in [-0.15, -0.1) is 0 Å². The van der Waals surface area contributed by atoms with Crippen LogP contribution < -0.4 is 5.32 Å². The van der Waals surface area contributed by atoms with E-state index >= 15 is 0 Å². The first-order valence-corrected chi connectivity index (χ1v) is 6.65. The highest BCUT2D eigenvalue weighted by atomic mass is 16.3. The van der Waals surface area contributed by atoms with Crippen LogP contribution in [0.1, 0.15) is 42.4 Å². The summed E-state index contributed by atoms with van der Waals surface area (Å²) in [7, 11) is 0. The number of rotatable bonds is 4. The van der Waals surface area contributed by atoms with Crippen LogP contribution >= 0.6 is 0 Å². The SMILES string of the molecule is CCCN(C(=O)c1ncoc1C)C1CCNCC1. The van der Waals surface area contributed by atoms with Crippen molar-refractivity contribution in [2.45, 2.75) is 39.2 Å². The summed E-state index contributed by atoms with van der Waals surface area (Å²) in [5.74, 6) is 0.616. The van der Waals surface area contributed by atoms with Crippen molar-refractivity contribution in [2.24, 2.45) is 0 Å². The lowest BCUT2D eigenvalue weighted by molar-refractivity contribution is 0.0635. The second kappa shape index (κ2) is 6.00. The third-order valence-electron chi connectivity index (χ3n) is 3.42. The van der Waals surface area contributed by atoms with Crippen LogP contribution in [0.3, 0.4) is 0 Å². The van der Waals surface area contributed by atoms with Crippen molar-refractivity contribution >= 4 is 5.91 Å². The molecule has 1 aromatic heterocycles. The van der Waals surface area contributed by atoms with Gasteiger partial charge in [0.2, 0.25) is 0 Å². The van der Waals surface area contributed by atoms with E-state index in [4.69, 9.17) is 4.42 Å². The Kier molecular flexibility index (Phi) is 4.36. The molecular formula is C13H21N3O2. The molecule has 0 atom stereocenters. The predicted octanol–water partition coefficient (Wildman–Crippen LogP) is 1.59. The molecule has 1 N–H and O–H groups in total. The molecule has 0 saturated carbocycles. The molecular weight excluding hydrogens is 230 g/mol. The predicted molar refractivity (Wildman–Crippen MR) is 68.5 cm³/mol. The molecule has 0 aliphatic carbocycles. The summed E-state index contributed by atoms with van der Waals surface area (Å²) in [5, 5.41) is 3.32. The number of aromatic nitrogens is 1. The fraction of sp³-hybridized carbons (Fsp3) is 0.692. The van der Waals surface area contributed by atoms with Crippen molar-refractivity contribution in [3.8, 4) is 0 Å². The molecule has 100 valence electrons. The molecule has 2 heterocycles. The molecule has 1 aliphatic rings. The summed E-state index contributed by atoms with van der Waals surface area (Å²) < 4.78 is 5.13. The lowest BCUT2D eigenvalue weighted by Crippen LogP contribution is -2.46. The first-order valence-electron chi connectivity index (χ1n) is 6.65. The second-order valence-electron chi connectivity index (χ2n) is 4.74. The van der Waals surface area contributed by atoms with Gasteiger partial charge in [-0.2, -0.15) is 0 Å². The minimum absolute atomic E-state index is 0.00926. The van der Waals surface area contributed by atoms with Crippen LogP contribution in [-0.2, 0) is 0 Å². The van der Waals surface area contributed by atoms with Crippen LogP contribution in [0.5, 0.6) is 0 Å². The smallest absolute Gasteiger partial charge is 0.276 e. The Hall–Kier alpha value is -1.36. The zero-order valence-electron chi connectivity index (χ0n) is 11.1. The molecule has 0 unspecified atom stereocenters. The number of aryl methyl sites for hydroxylation is 1. The number of piperidine rings is 1. The number of oxazole rings is 1. The maximum Gasteiger partial charge on any atom is 0.276 e. The van der Waals surface area contributed by atoms with Crippen molar-refractivity contribution in [1.29, 1.82) is 0 Å². The van der Waals surface area contributed by atoms with Gasteiger partial charge >= 0.3 is 0 Å². The Morgan fingerprint density at radius 3 is 2.83 bits per heavy atom. The molecule has 1 amide bonds. The average molecular weight is 251 g/mol.